The van der Waals surface area contributed by atoms with E-state index in [-0.39, 0.29) is 17.9 Å². The Hall–Kier alpha value is -2.14. The molecule has 1 aromatic heterocycles. The number of thiophene rings is 1. The SMILES string of the molecule is Cc1ccsc1C(C)Nc1ccc2c(c1)C(=O)NC2=O. The lowest BCUT2D eigenvalue weighted by atomic mass is 10.1. The molecule has 3 rings (SSSR count). The van der Waals surface area contributed by atoms with Crippen LogP contribution in [-0.4, -0.2) is 11.8 Å². The molecular weight excluding hydrogens is 272 g/mol. The van der Waals surface area contributed by atoms with Crippen LogP contribution in [0.25, 0.3) is 0 Å². The fraction of sp³-hybridized carbons (Fsp3) is 0.200. The minimum absolute atomic E-state index is 0.160. The van der Waals surface area contributed by atoms with Crippen molar-refractivity contribution in [1.29, 1.82) is 0 Å². The van der Waals surface area contributed by atoms with Gasteiger partial charge in [0.15, 0.2) is 0 Å². The fourth-order valence-electron chi connectivity index (χ4n) is 2.40. The number of fused-ring (bicyclic) bond motifs is 1. The van der Waals surface area contributed by atoms with Crippen molar-refractivity contribution >= 4 is 28.8 Å². The molecule has 0 radical (unpaired) electrons. The van der Waals surface area contributed by atoms with Crippen LogP contribution in [0.1, 0.15) is 44.1 Å². The van der Waals surface area contributed by atoms with E-state index >= 15 is 0 Å². The predicted molar refractivity (Wildman–Crippen MR) is 79.3 cm³/mol. The topological polar surface area (TPSA) is 58.2 Å². The van der Waals surface area contributed by atoms with Crippen LogP contribution in [0, 0.1) is 6.92 Å². The van der Waals surface area contributed by atoms with Crippen LogP contribution in [0.2, 0.25) is 0 Å². The number of aryl methyl sites for hydroxylation is 1. The zero-order chi connectivity index (χ0) is 14.3. The summed E-state index contributed by atoms with van der Waals surface area (Å²) in [6.45, 7) is 4.16. The zero-order valence-corrected chi connectivity index (χ0v) is 12.0. The van der Waals surface area contributed by atoms with Crippen molar-refractivity contribution in [2.45, 2.75) is 19.9 Å². The Morgan fingerprint density at radius 3 is 2.60 bits per heavy atom. The van der Waals surface area contributed by atoms with Gasteiger partial charge in [0.2, 0.25) is 0 Å². The summed E-state index contributed by atoms with van der Waals surface area (Å²) in [5.74, 6) is -0.646. The van der Waals surface area contributed by atoms with Crippen LogP contribution in [0.15, 0.2) is 29.6 Å². The van der Waals surface area contributed by atoms with Crippen LogP contribution >= 0.6 is 11.3 Å². The molecule has 1 aliphatic heterocycles. The van der Waals surface area contributed by atoms with Gasteiger partial charge in [-0.15, -0.1) is 11.3 Å². The molecule has 0 aliphatic carbocycles. The summed E-state index contributed by atoms with van der Waals surface area (Å²) in [4.78, 5) is 24.4. The fourth-order valence-corrected chi connectivity index (χ4v) is 3.34. The molecule has 2 heterocycles. The number of amides is 2. The minimum Gasteiger partial charge on any atom is -0.378 e. The second-order valence-electron chi connectivity index (χ2n) is 4.88. The third-order valence-corrected chi connectivity index (χ3v) is 4.62. The number of carbonyl (C=O) groups excluding carboxylic acids is 2. The summed E-state index contributed by atoms with van der Waals surface area (Å²) in [7, 11) is 0. The third kappa shape index (κ3) is 2.10. The van der Waals surface area contributed by atoms with Gasteiger partial charge in [-0.3, -0.25) is 14.9 Å². The number of carbonyl (C=O) groups is 2. The molecule has 0 spiro atoms. The van der Waals surface area contributed by atoms with Crippen molar-refractivity contribution in [2.24, 2.45) is 0 Å². The van der Waals surface area contributed by atoms with E-state index in [0.717, 1.165) is 5.69 Å². The first kappa shape index (κ1) is 12.9. The average molecular weight is 286 g/mol. The maximum Gasteiger partial charge on any atom is 0.259 e. The molecule has 2 N–H and O–H groups in total. The van der Waals surface area contributed by atoms with Crippen molar-refractivity contribution < 1.29 is 9.59 Å². The largest absolute Gasteiger partial charge is 0.378 e. The van der Waals surface area contributed by atoms with E-state index in [1.165, 1.54) is 10.4 Å². The summed E-state index contributed by atoms with van der Waals surface area (Å²) in [5.41, 5.74) is 2.98. The highest BCUT2D eigenvalue weighted by atomic mass is 32.1. The van der Waals surface area contributed by atoms with Gasteiger partial charge in [0, 0.05) is 10.6 Å². The number of benzene rings is 1. The molecule has 0 saturated carbocycles. The standard InChI is InChI=1S/C15H14N2O2S/c1-8-5-6-20-13(8)9(2)16-10-3-4-11-12(7-10)15(19)17-14(11)18/h3-7,9,16H,1-2H3,(H,17,18,19). The first-order valence-corrected chi connectivity index (χ1v) is 7.24. The molecule has 1 atom stereocenters. The lowest BCUT2D eigenvalue weighted by molar-refractivity contribution is 0.0879. The first-order chi connectivity index (χ1) is 9.56. The molecule has 0 fully saturated rings. The Labute approximate surface area is 120 Å². The summed E-state index contributed by atoms with van der Waals surface area (Å²) in [6.07, 6.45) is 0. The van der Waals surface area contributed by atoms with Crippen molar-refractivity contribution in [3.8, 4) is 0 Å². The summed E-state index contributed by atoms with van der Waals surface area (Å²) >= 11 is 1.71. The molecule has 1 aliphatic rings. The number of imide groups is 1. The van der Waals surface area contributed by atoms with Gasteiger partial charge in [0.05, 0.1) is 17.2 Å². The molecule has 0 bridgehead atoms. The lowest BCUT2D eigenvalue weighted by Gasteiger charge is -2.15. The van der Waals surface area contributed by atoms with Crippen LogP contribution in [0.5, 0.6) is 0 Å². The second kappa shape index (κ2) is 4.76. The monoisotopic (exact) mass is 286 g/mol. The smallest absolute Gasteiger partial charge is 0.259 e. The molecule has 20 heavy (non-hydrogen) atoms. The maximum absolute atomic E-state index is 11.6. The van der Waals surface area contributed by atoms with Gasteiger partial charge in [-0.25, -0.2) is 0 Å². The van der Waals surface area contributed by atoms with Gasteiger partial charge in [-0.2, -0.15) is 0 Å². The van der Waals surface area contributed by atoms with E-state index in [4.69, 9.17) is 0 Å². The van der Waals surface area contributed by atoms with E-state index in [2.05, 4.69) is 35.9 Å². The van der Waals surface area contributed by atoms with E-state index in [1.807, 2.05) is 6.07 Å². The Kier molecular flexibility index (Phi) is 3.06. The Morgan fingerprint density at radius 2 is 1.90 bits per heavy atom. The summed E-state index contributed by atoms with van der Waals surface area (Å²) in [6, 6.07) is 7.50. The van der Waals surface area contributed by atoms with Crippen LogP contribution < -0.4 is 10.6 Å². The maximum atomic E-state index is 11.6. The Morgan fingerprint density at radius 1 is 1.15 bits per heavy atom. The molecule has 5 heteroatoms. The highest BCUT2D eigenvalue weighted by Crippen LogP contribution is 2.28. The molecule has 102 valence electrons. The molecule has 0 saturated heterocycles. The number of hydrogen-bond acceptors (Lipinski definition) is 4. The highest BCUT2D eigenvalue weighted by molar-refractivity contribution is 7.10. The van der Waals surface area contributed by atoms with Crippen molar-refractivity contribution in [3.63, 3.8) is 0 Å². The first-order valence-electron chi connectivity index (χ1n) is 6.36. The van der Waals surface area contributed by atoms with E-state index < -0.39 is 0 Å². The summed E-state index contributed by atoms with van der Waals surface area (Å²) in [5, 5.41) is 7.73. The molecule has 1 unspecified atom stereocenters. The summed E-state index contributed by atoms with van der Waals surface area (Å²) < 4.78 is 0. The van der Waals surface area contributed by atoms with Gasteiger partial charge in [0.1, 0.15) is 0 Å². The van der Waals surface area contributed by atoms with Gasteiger partial charge in [0.25, 0.3) is 11.8 Å². The van der Waals surface area contributed by atoms with Crippen LogP contribution in [0.3, 0.4) is 0 Å². The quantitative estimate of drug-likeness (QED) is 0.852. The van der Waals surface area contributed by atoms with E-state index in [9.17, 15) is 9.59 Å². The zero-order valence-electron chi connectivity index (χ0n) is 11.2. The van der Waals surface area contributed by atoms with Crippen molar-refractivity contribution in [2.75, 3.05) is 5.32 Å². The molecule has 1 aromatic carbocycles. The molecular formula is C15H14N2O2S. The Bertz CT molecular complexity index is 706. The van der Waals surface area contributed by atoms with Gasteiger partial charge >= 0.3 is 0 Å². The van der Waals surface area contributed by atoms with Gasteiger partial charge in [-0.1, -0.05) is 0 Å². The second-order valence-corrected chi connectivity index (χ2v) is 5.83. The number of nitrogens with one attached hydrogen (secondary N) is 2. The number of rotatable bonds is 3. The molecule has 4 nitrogen and oxygen atoms in total. The van der Waals surface area contributed by atoms with Crippen LogP contribution in [-0.2, 0) is 0 Å². The third-order valence-electron chi connectivity index (χ3n) is 3.41. The number of anilines is 1. The highest BCUT2D eigenvalue weighted by Gasteiger charge is 2.26. The normalized spacial score (nSPS) is 14.9. The number of hydrogen-bond donors (Lipinski definition) is 2. The van der Waals surface area contributed by atoms with Crippen molar-refractivity contribution in [1.82, 2.24) is 5.32 Å². The predicted octanol–water partition coefficient (Wildman–Crippen LogP) is 3.11. The minimum atomic E-state index is -0.325. The van der Waals surface area contributed by atoms with E-state index in [0.29, 0.717) is 11.1 Å². The van der Waals surface area contributed by atoms with Gasteiger partial charge in [-0.05, 0) is 49.1 Å². The Balaban J connectivity index is 1.86. The van der Waals surface area contributed by atoms with Crippen LogP contribution in [0.4, 0.5) is 5.69 Å². The molecule has 2 aromatic rings. The average Bonchev–Trinajstić information content (AvgIpc) is 2.95. The molecule has 2 amide bonds. The van der Waals surface area contributed by atoms with E-state index in [1.54, 1.807) is 23.5 Å². The van der Waals surface area contributed by atoms with Crippen molar-refractivity contribution in [3.05, 3.63) is 51.2 Å². The lowest BCUT2D eigenvalue weighted by Crippen LogP contribution is -2.19. The van der Waals surface area contributed by atoms with Gasteiger partial charge < -0.3 is 5.32 Å².